The maximum Gasteiger partial charge on any atom is 0.0326 e. The molecule has 1 aromatic carbocycles. The Morgan fingerprint density at radius 3 is 2.60 bits per heavy atom. The Morgan fingerprint density at radius 2 is 2.00 bits per heavy atom. The third kappa shape index (κ3) is 1.51. The Hall–Kier alpha value is -1.08. The van der Waals surface area contributed by atoms with Gasteiger partial charge >= 0.3 is 0 Å². The van der Waals surface area contributed by atoms with Gasteiger partial charge in [-0.05, 0) is 24.8 Å². The van der Waals surface area contributed by atoms with E-state index < -0.39 is 0 Å². The van der Waals surface area contributed by atoms with Gasteiger partial charge in [0.05, 0.1) is 0 Å². The first kappa shape index (κ1) is 9.17. The molecule has 1 heteroatoms. The van der Waals surface area contributed by atoms with Crippen LogP contribution < -0.4 is 0 Å². The van der Waals surface area contributed by atoms with E-state index in [4.69, 9.17) is 0 Å². The van der Waals surface area contributed by atoms with Crippen LogP contribution in [0.3, 0.4) is 0 Å². The van der Waals surface area contributed by atoms with E-state index in [0.717, 1.165) is 5.92 Å². The van der Waals surface area contributed by atoms with Crippen LogP contribution in [0.1, 0.15) is 24.9 Å². The fourth-order valence-corrected chi connectivity index (χ4v) is 2.91. The number of hydrogen-bond donors (Lipinski definition) is 0. The molecule has 0 radical (unpaired) electrons. The van der Waals surface area contributed by atoms with Crippen LogP contribution in [-0.2, 0) is 0 Å². The summed E-state index contributed by atoms with van der Waals surface area (Å²) < 4.78 is 0. The molecule has 0 N–H and O–H groups in total. The molecule has 1 nitrogen and oxygen atoms in total. The second-order valence-electron chi connectivity index (χ2n) is 4.73. The standard InChI is InChI=1S/C14H17N/c1-11(13-5-3-2-4-6-13)15-10-12-7-8-14(15)9-12/h2-8,11-12,14H,9-10H2,1H3/t11?,12-,14-/m0/s1. The van der Waals surface area contributed by atoms with Crippen molar-refractivity contribution in [3.63, 3.8) is 0 Å². The summed E-state index contributed by atoms with van der Waals surface area (Å²) in [6.45, 7) is 3.57. The lowest BCUT2D eigenvalue weighted by Crippen LogP contribution is -2.32. The van der Waals surface area contributed by atoms with Gasteiger partial charge in [0.25, 0.3) is 0 Å². The average Bonchev–Trinajstić information content (AvgIpc) is 2.91. The van der Waals surface area contributed by atoms with Crippen LogP contribution in [0, 0.1) is 5.92 Å². The molecule has 1 aliphatic carbocycles. The molecule has 2 bridgehead atoms. The van der Waals surface area contributed by atoms with Crippen molar-refractivity contribution < 1.29 is 0 Å². The van der Waals surface area contributed by atoms with E-state index >= 15 is 0 Å². The van der Waals surface area contributed by atoms with Gasteiger partial charge in [-0.1, -0.05) is 42.5 Å². The molecule has 0 amide bonds. The van der Waals surface area contributed by atoms with Crippen LogP contribution in [0.15, 0.2) is 42.5 Å². The predicted molar refractivity (Wildman–Crippen MR) is 62.6 cm³/mol. The minimum absolute atomic E-state index is 0.561. The minimum Gasteiger partial charge on any atom is -0.290 e. The summed E-state index contributed by atoms with van der Waals surface area (Å²) in [5.41, 5.74) is 1.44. The molecule has 1 aliphatic heterocycles. The van der Waals surface area contributed by atoms with Crippen molar-refractivity contribution in [1.29, 1.82) is 0 Å². The summed E-state index contributed by atoms with van der Waals surface area (Å²) in [6, 6.07) is 12.1. The van der Waals surface area contributed by atoms with Crippen LogP contribution in [0.2, 0.25) is 0 Å². The van der Waals surface area contributed by atoms with Crippen molar-refractivity contribution in [3.8, 4) is 0 Å². The maximum absolute atomic E-state index is 2.62. The molecule has 3 atom stereocenters. The monoisotopic (exact) mass is 199 g/mol. The fourth-order valence-electron chi connectivity index (χ4n) is 2.91. The van der Waals surface area contributed by atoms with Gasteiger partial charge in [0.2, 0.25) is 0 Å². The Morgan fingerprint density at radius 1 is 1.20 bits per heavy atom. The zero-order valence-corrected chi connectivity index (χ0v) is 9.13. The van der Waals surface area contributed by atoms with Gasteiger partial charge in [0, 0.05) is 18.6 Å². The SMILES string of the molecule is CC(c1ccccc1)N1C[C@H]2C=C[C@H]1C2. The molecule has 2 aliphatic rings. The van der Waals surface area contributed by atoms with Crippen molar-refractivity contribution in [2.45, 2.75) is 25.4 Å². The van der Waals surface area contributed by atoms with Gasteiger partial charge in [0.15, 0.2) is 0 Å². The number of hydrogen-bond acceptors (Lipinski definition) is 1. The molecule has 1 saturated heterocycles. The van der Waals surface area contributed by atoms with Crippen LogP contribution in [0.4, 0.5) is 0 Å². The lowest BCUT2D eigenvalue weighted by molar-refractivity contribution is 0.213. The number of likely N-dealkylation sites (tertiary alicyclic amines) is 1. The molecule has 1 heterocycles. The highest BCUT2D eigenvalue weighted by Gasteiger charge is 2.36. The maximum atomic E-state index is 2.62. The average molecular weight is 199 g/mol. The van der Waals surface area contributed by atoms with E-state index in [-0.39, 0.29) is 0 Å². The smallest absolute Gasteiger partial charge is 0.0326 e. The fraction of sp³-hybridized carbons (Fsp3) is 0.429. The van der Waals surface area contributed by atoms with E-state index in [1.54, 1.807) is 0 Å². The summed E-state index contributed by atoms with van der Waals surface area (Å²) >= 11 is 0. The molecule has 0 spiro atoms. The van der Waals surface area contributed by atoms with Crippen LogP contribution in [0.25, 0.3) is 0 Å². The van der Waals surface area contributed by atoms with Crippen LogP contribution in [-0.4, -0.2) is 17.5 Å². The molecule has 0 saturated carbocycles. The first-order chi connectivity index (χ1) is 7.34. The summed E-state index contributed by atoms with van der Waals surface area (Å²) in [5, 5.41) is 0. The highest BCUT2D eigenvalue weighted by molar-refractivity contribution is 5.22. The van der Waals surface area contributed by atoms with Crippen molar-refractivity contribution in [2.24, 2.45) is 5.92 Å². The van der Waals surface area contributed by atoms with Crippen molar-refractivity contribution >= 4 is 0 Å². The van der Waals surface area contributed by atoms with Crippen molar-refractivity contribution in [1.82, 2.24) is 4.90 Å². The van der Waals surface area contributed by atoms with E-state index in [2.05, 4.69) is 54.3 Å². The predicted octanol–water partition coefficient (Wildman–Crippen LogP) is 3.01. The normalized spacial score (nSPS) is 31.0. The number of benzene rings is 1. The summed E-state index contributed by atoms with van der Waals surface area (Å²) in [7, 11) is 0. The van der Waals surface area contributed by atoms with Crippen LogP contribution in [0.5, 0.6) is 0 Å². The van der Waals surface area contributed by atoms with Crippen molar-refractivity contribution in [2.75, 3.05) is 6.54 Å². The van der Waals surface area contributed by atoms with Gasteiger partial charge in [-0.15, -0.1) is 0 Å². The summed E-state index contributed by atoms with van der Waals surface area (Å²) in [5.74, 6) is 0.821. The largest absolute Gasteiger partial charge is 0.290 e. The lowest BCUT2D eigenvalue weighted by Gasteiger charge is -2.30. The highest BCUT2D eigenvalue weighted by atomic mass is 15.2. The van der Waals surface area contributed by atoms with Gasteiger partial charge in [0.1, 0.15) is 0 Å². The third-order valence-electron chi connectivity index (χ3n) is 3.80. The van der Waals surface area contributed by atoms with Gasteiger partial charge in [-0.2, -0.15) is 0 Å². The van der Waals surface area contributed by atoms with E-state index in [9.17, 15) is 0 Å². The molecular formula is C14H17N. The first-order valence-corrected chi connectivity index (χ1v) is 5.83. The topological polar surface area (TPSA) is 3.24 Å². The molecular weight excluding hydrogens is 182 g/mol. The molecule has 3 rings (SSSR count). The number of rotatable bonds is 2. The first-order valence-electron chi connectivity index (χ1n) is 5.83. The molecule has 1 fully saturated rings. The van der Waals surface area contributed by atoms with E-state index in [0.29, 0.717) is 12.1 Å². The molecule has 1 unspecified atom stereocenters. The van der Waals surface area contributed by atoms with Gasteiger partial charge < -0.3 is 0 Å². The molecule has 1 aromatic rings. The Kier molecular flexibility index (Phi) is 2.14. The summed E-state index contributed by atoms with van der Waals surface area (Å²) in [4.78, 5) is 2.62. The second kappa shape index (κ2) is 3.49. The Labute approximate surface area is 91.4 Å². The van der Waals surface area contributed by atoms with Gasteiger partial charge in [-0.25, -0.2) is 0 Å². The Balaban J connectivity index is 1.81. The summed E-state index contributed by atoms with van der Waals surface area (Å²) in [6.07, 6.45) is 6.11. The highest BCUT2D eigenvalue weighted by Crippen LogP contribution is 2.37. The van der Waals surface area contributed by atoms with E-state index in [1.165, 1.54) is 18.5 Å². The minimum atomic E-state index is 0.561. The van der Waals surface area contributed by atoms with E-state index in [1.807, 2.05) is 0 Å². The molecule has 15 heavy (non-hydrogen) atoms. The Bertz CT molecular complexity index is 368. The number of fused-ring (bicyclic) bond motifs is 2. The quantitative estimate of drug-likeness (QED) is 0.662. The van der Waals surface area contributed by atoms with Crippen molar-refractivity contribution in [3.05, 3.63) is 48.0 Å². The lowest BCUT2D eigenvalue weighted by atomic mass is 10.1. The second-order valence-corrected chi connectivity index (χ2v) is 4.73. The van der Waals surface area contributed by atoms with Gasteiger partial charge in [-0.3, -0.25) is 4.90 Å². The molecule has 0 aromatic heterocycles. The zero-order chi connectivity index (χ0) is 10.3. The third-order valence-corrected chi connectivity index (χ3v) is 3.80. The number of nitrogens with zero attached hydrogens (tertiary/aromatic N) is 1. The van der Waals surface area contributed by atoms with Crippen LogP contribution >= 0.6 is 0 Å². The molecule has 78 valence electrons. The zero-order valence-electron chi connectivity index (χ0n) is 9.13.